The lowest BCUT2D eigenvalue weighted by Gasteiger charge is -2.11. The van der Waals surface area contributed by atoms with Crippen LogP contribution in [0.4, 0.5) is 4.79 Å². The minimum atomic E-state index is -0.663. The number of carbonyl (C=O) groups is 3. The molecular formula is C18H18N4O4. The van der Waals surface area contributed by atoms with Crippen LogP contribution in [-0.2, 0) is 16.1 Å². The lowest BCUT2D eigenvalue weighted by molar-refractivity contribution is -0.122. The molecule has 1 aliphatic rings. The van der Waals surface area contributed by atoms with Gasteiger partial charge in [0.25, 0.3) is 5.91 Å². The van der Waals surface area contributed by atoms with E-state index in [1.807, 2.05) is 36.4 Å². The highest BCUT2D eigenvalue weighted by atomic mass is 16.5. The summed E-state index contributed by atoms with van der Waals surface area (Å²) in [5.41, 5.74) is 0.733. The Morgan fingerprint density at radius 1 is 1.15 bits per heavy atom. The number of benzene rings is 1. The Kier molecular flexibility index (Phi) is 5.43. The first-order chi connectivity index (χ1) is 12.6. The number of ether oxygens (including phenoxy) is 1. The first kappa shape index (κ1) is 17.4. The van der Waals surface area contributed by atoms with Crippen LogP contribution in [0.15, 0.2) is 48.7 Å². The second-order valence-electron chi connectivity index (χ2n) is 5.71. The van der Waals surface area contributed by atoms with Crippen LogP contribution < -0.4 is 20.7 Å². The molecule has 1 atom stereocenters. The summed E-state index contributed by atoms with van der Waals surface area (Å²) >= 11 is 0. The van der Waals surface area contributed by atoms with Crippen LogP contribution in [0.1, 0.15) is 18.4 Å². The lowest BCUT2D eigenvalue weighted by Crippen LogP contribution is -2.31. The number of urea groups is 1. The number of carbonyl (C=O) groups excluding carboxylic acids is 3. The third-order valence-electron chi connectivity index (χ3n) is 3.80. The van der Waals surface area contributed by atoms with Gasteiger partial charge in [-0.1, -0.05) is 24.3 Å². The average molecular weight is 354 g/mol. The molecule has 0 saturated carbocycles. The number of nitrogens with zero attached hydrogens (tertiary/aromatic N) is 1. The Morgan fingerprint density at radius 3 is 2.69 bits per heavy atom. The van der Waals surface area contributed by atoms with Crippen molar-refractivity contribution >= 4 is 17.8 Å². The van der Waals surface area contributed by atoms with Gasteiger partial charge < -0.3 is 15.4 Å². The largest absolute Gasteiger partial charge is 0.439 e. The summed E-state index contributed by atoms with van der Waals surface area (Å²) in [6, 6.07) is 11.6. The molecule has 1 aromatic heterocycles. The predicted molar refractivity (Wildman–Crippen MR) is 92.3 cm³/mol. The number of imide groups is 1. The Bertz CT molecular complexity index is 810. The quantitative estimate of drug-likeness (QED) is 0.653. The molecule has 1 fully saturated rings. The van der Waals surface area contributed by atoms with Crippen molar-refractivity contribution in [3.8, 4) is 11.6 Å². The van der Waals surface area contributed by atoms with Crippen LogP contribution in [0.2, 0.25) is 0 Å². The molecule has 2 aromatic rings. The van der Waals surface area contributed by atoms with E-state index in [2.05, 4.69) is 20.9 Å². The Balaban J connectivity index is 1.52. The van der Waals surface area contributed by atoms with Gasteiger partial charge in [0.2, 0.25) is 11.8 Å². The molecule has 0 unspecified atom stereocenters. The number of rotatable bonds is 7. The molecule has 4 amide bonds. The smallest absolute Gasteiger partial charge is 0.322 e. The number of nitrogens with one attached hydrogen (secondary N) is 3. The summed E-state index contributed by atoms with van der Waals surface area (Å²) in [6.45, 7) is 0.248. The van der Waals surface area contributed by atoms with Gasteiger partial charge >= 0.3 is 6.03 Å². The zero-order valence-electron chi connectivity index (χ0n) is 13.9. The van der Waals surface area contributed by atoms with Crippen molar-refractivity contribution < 1.29 is 19.1 Å². The molecule has 0 bridgehead atoms. The maximum atomic E-state index is 12.0. The number of hydrogen-bond donors (Lipinski definition) is 3. The Hall–Kier alpha value is -3.42. The third kappa shape index (κ3) is 4.56. The van der Waals surface area contributed by atoms with E-state index in [0.717, 1.165) is 5.56 Å². The normalized spacial score (nSPS) is 15.9. The second kappa shape index (κ2) is 8.11. The van der Waals surface area contributed by atoms with Gasteiger partial charge in [0.1, 0.15) is 11.8 Å². The molecular weight excluding hydrogens is 336 g/mol. The summed E-state index contributed by atoms with van der Waals surface area (Å²) in [5.74, 6) is 0.435. The molecule has 0 radical (unpaired) electrons. The van der Waals surface area contributed by atoms with Gasteiger partial charge in [-0.2, -0.15) is 0 Å². The number of pyridine rings is 1. The molecule has 26 heavy (non-hydrogen) atoms. The SMILES string of the molecule is O=C(CC[C@@H]1NC(=O)NC1=O)NCc1cccnc1Oc1ccccc1. The van der Waals surface area contributed by atoms with Crippen LogP contribution in [0.3, 0.4) is 0 Å². The molecule has 1 saturated heterocycles. The predicted octanol–water partition coefficient (Wildman–Crippen LogP) is 1.48. The molecule has 8 heteroatoms. The van der Waals surface area contributed by atoms with E-state index in [-0.39, 0.29) is 25.3 Å². The van der Waals surface area contributed by atoms with Crippen molar-refractivity contribution in [3.63, 3.8) is 0 Å². The zero-order valence-corrected chi connectivity index (χ0v) is 13.9. The van der Waals surface area contributed by atoms with Crippen LogP contribution in [0.25, 0.3) is 0 Å². The van der Waals surface area contributed by atoms with Gasteiger partial charge in [-0.3, -0.25) is 14.9 Å². The molecule has 2 heterocycles. The minimum Gasteiger partial charge on any atom is -0.439 e. The van der Waals surface area contributed by atoms with E-state index >= 15 is 0 Å². The fourth-order valence-corrected chi connectivity index (χ4v) is 2.47. The molecule has 1 aromatic carbocycles. The number of para-hydroxylation sites is 1. The lowest BCUT2D eigenvalue weighted by atomic mass is 10.1. The zero-order chi connectivity index (χ0) is 18.4. The molecule has 1 aliphatic heterocycles. The number of aromatic nitrogens is 1. The van der Waals surface area contributed by atoms with Gasteiger partial charge in [0, 0.05) is 24.7 Å². The standard InChI is InChI=1S/C18H18N4O4/c23-15(9-8-14-16(24)22-18(25)21-14)20-11-12-5-4-10-19-17(12)26-13-6-2-1-3-7-13/h1-7,10,14H,8-9,11H2,(H,20,23)(H2,21,22,24,25)/t14-/m0/s1. The van der Waals surface area contributed by atoms with Crippen molar-refractivity contribution in [2.45, 2.75) is 25.4 Å². The molecule has 8 nitrogen and oxygen atoms in total. The maximum absolute atomic E-state index is 12.0. The summed E-state index contributed by atoms with van der Waals surface area (Å²) in [4.78, 5) is 38.7. The van der Waals surface area contributed by atoms with Gasteiger partial charge in [-0.25, -0.2) is 9.78 Å². The molecule has 3 N–H and O–H groups in total. The van der Waals surface area contributed by atoms with E-state index in [1.54, 1.807) is 12.3 Å². The Labute approximate surface area is 150 Å². The fourth-order valence-electron chi connectivity index (χ4n) is 2.47. The van der Waals surface area contributed by atoms with Crippen molar-refractivity contribution in [3.05, 3.63) is 54.2 Å². The third-order valence-corrected chi connectivity index (χ3v) is 3.80. The number of hydrogen-bond acceptors (Lipinski definition) is 5. The van der Waals surface area contributed by atoms with E-state index in [4.69, 9.17) is 4.74 Å². The highest BCUT2D eigenvalue weighted by Gasteiger charge is 2.29. The summed E-state index contributed by atoms with van der Waals surface area (Å²) in [7, 11) is 0. The summed E-state index contributed by atoms with van der Waals surface area (Å²) in [5, 5.41) is 7.36. The van der Waals surface area contributed by atoms with Gasteiger partial charge in [-0.05, 0) is 24.6 Å². The fraction of sp³-hybridized carbons (Fsp3) is 0.222. The van der Waals surface area contributed by atoms with Crippen LogP contribution in [0, 0.1) is 0 Å². The van der Waals surface area contributed by atoms with Crippen LogP contribution in [-0.4, -0.2) is 28.9 Å². The summed E-state index contributed by atoms with van der Waals surface area (Å²) < 4.78 is 5.75. The molecule has 3 rings (SSSR count). The van der Waals surface area contributed by atoms with Crippen molar-refractivity contribution in [2.75, 3.05) is 0 Å². The molecule has 0 spiro atoms. The van der Waals surface area contributed by atoms with Gasteiger partial charge in [0.05, 0.1) is 0 Å². The average Bonchev–Trinajstić information content (AvgIpc) is 2.97. The first-order valence-corrected chi connectivity index (χ1v) is 8.16. The van der Waals surface area contributed by atoms with Crippen LogP contribution in [0.5, 0.6) is 11.6 Å². The molecule has 0 aliphatic carbocycles. The van der Waals surface area contributed by atoms with Gasteiger partial charge in [-0.15, -0.1) is 0 Å². The van der Waals surface area contributed by atoms with Crippen molar-refractivity contribution in [1.82, 2.24) is 20.9 Å². The maximum Gasteiger partial charge on any atom is 0.322 e. The van der Waals surface area contributed by atoms with Crippen molar-refractivity contribution in [2.24, 2.45) is 0 Å². The van der Waals surface area contributed by atoms with Crippen molar-refractivity contribution in [1.29, 1.82) is 0 Å². The van der Waals surface area contributed by atoms with Gasteiger partial charge in [0.15, 0.2) is 0 Å². The number of amides is 4. The highest BCUT2D eigenvalue weighted by Crippen LogP contribution is 2.22. The summed E-state index contributed by atoms with van der Waals surface area (Å²) in [6.07, 6.45) is 1.97. The highest BCUT2D eigenvalue weighted by molar-refractivity contribution is 6.04. The van der Waals surface area contributed by atoms with E-state index in [9.17, 15) is 14.4 Å². The monoisotopic (exact) mass is 354 g/mol. The minimum absolute atomic E-state index is 0.119. The Morgan fingerprint density at radius 2 is 1.96 bits per heavy atom. The second-order valence-corrected chi connectivity index (χ2v) is 5.71. The van der Waals surface area contributed by atoms with E-state index in [0.29, 0.717) is 11.6 Å². The van der Waals surface area contributed by atoms with Crippen LogP contribution >= 0.6 is 0 Å². The molecule has 134 valence electrons. The first-order valence-electron chi connectivity index (χ1n) is 8.16. The topological polar surface area (TPSA) is 109 Å². The van der Waals surface area contributed by atoms with E-state index < -0.39 is 18.0 Å². The van der Waals surface area contributed by atoms with E-state index in [1.165, 1.54) is 0 Å².